The van der Waals surface area contributed by atoms with Crippen molar-refractivity contribution in [2.75, 3.05) is 7.11 Å². The number of carboxylic acids is 1. The van der Waals surface area contributed by atoms with Gasteiger partial charge in [0.15, 0.2) is 11.5 Å². The van der Waals surface area contributed by atoms with Crippen LogP contribution in [0.3, 0.4) is 0 Å². The van der Waals surface area contributed by atoms with E-state index in [2.05, 4.69) is 0 Å². The summed E-state index contributed by atoms with van der Waals surface area (Å²) in [5.41, 5.74) is 6.31. The summed E-state index contributed by atoms with van der Waals surface area (Å²) < 4.78 is 11.0. The Bertz CT molecular complexity index is 613. The molecule has 0 aliphatic heterocycles. The van der Waals surface area contributed by atoms with E-state index in [1.54, 1.807) is 18.2 Å². The minimum Gasteiger partial charge on any atom is -0.493 e. The van der Waals surface area contributed by atoms with Crippen molar-refractivity contribution in [1.29, 1.82) is 0 Å². The average Bonchev–Trinajstić information content (AvgIpc) is 2.49. The first-order chi connectivity index (χ1) is 10.1. The van der Waals surface area contributed by atoms with Crippen LogP contribution in [0.5, 0.6) is 17.2 Å². The van der Waals surface area contributed by atoms with Crippen molar-refractivity contribution in [3.8, 4) is 17.2 Å². The van der Waals surface area contributed by atoms with Gasteiger partial charge in [-0.25, -0.2) is 0 Å². The van der Waals surface area contributed by atoms with Crippen molar-refractivity contribution in [1.82, 2.24) is 0 Å². The number of ether oxygens (including phenoxy) is 2. The van der Waals surface area contributed by atoms with E-state index in [-0.39, 0.29) is 6.42 Å². The first kappa shape index (κ1) is 14.9. The minimum absolute atomic E-state index is 0.233. The van der Waals surface area contributed by atoms with Gasteiger partial charge in [0.1, 0.15) is 11.8 Å². The molecule has 2 rings (SSSR count). The SMILES string of the molecule is COc1cc(CC(N)C(=O)O)ccc1Oc1ccccc1. The zero-order valence-electron chi connectivity index (χ0n) is 11.7. The molecule has 1 unspecified atom stereocenters. The summed E-state index contributed by atoms with van der Waals surface area (Å²) in [6, 6.07) is 13.7. The summed E-state index contributed by atoms with van der Waals surface area (Å²) >= 11 is 0. The van der Waals surface area contributed by atoms with E-state index in [0.717, 1.165) is 5.56 Å². The molecule has 0 radical (unpaired) electrons. The number of carbonyl (C=O) groups is 1. The van der Waals surface area contributed by atoms with Crippen LogP contribution in [0, 0.1) is 0 Å². The van der Waals surface area contributed by atoms with Gasteiger partial charge in [0.05, 0.1) is 7.11 Å². The van der Waals surface area contributed by atoms with Gasteiger partial charge in [0, 0.05) is 0 Å². The lowest BCUT2D eigenvalue weighted by molar-refractivity contribution is -0.138. The van der Waals surface area contributed by atoms with Crippen LogP contribution in [0.4, 0.5) is 0 Å². The lowest BCUT2D eigenvalue weighted by Crippen LogP contribution is -2.32. The molecule has 3 N–H and O–H groups in total. The van der Waals surface area contributed by atoms with E-state index in [4.69, 9.17) is 20.3 Å². The highest BCUT2D eigenvalue weighted by Crippen LogP contribution is 2.32. The van der Waals surface area contributed by atoms with E-state index >= 15 is 0 Å². The maximum absolute atomic E-state index is 10.8. The molecule has 2 aromatic carbocycles. The van der Waals surface area contributed by atoms with Crippen molar-refractivity contribution in [3.05, 3.63) is 54.1 Å². The quantitative estimate of drug-likeness (QED) is 0.852. The predicted octanol–water partition coefficient (Wildman–Crippen LogP) is 2.44. The molecular weight excluding hydrogens is 270 g/mol. The smallest absolute Gasteiger partial charge is 0.320 e. The molecular formula is C16H17NO4. The second-order valence-electron chi connectivity index (χ2n) is 4.55. The van der Waals surface area contributed by atoms with Crippen LogP contribution in [0.25, 0.3) is 0 Å². The first-order valence-corrected chi connectivity index (χ1v) is 6.48. The molecule has 1 atom stereocenters. The Morgan fingerprint density at radius 3 is 2.52 bits per heavy atom. The molecule has 2 aromatic rings. The Morgan fingerprint density at radius 2 is 1.90 bits per heavy atom. The largest absolute Gasteiger partial charge is 0.493 e. The fourth-order valence-electron chi connectivity index (χ4n) is 1.88. The third-order valence-electron chi connectivity index (χ3n) is 2.97. The second kappa shape index (κ2) is 6.76. The second-order valence-corrected chi connectivity index (χ2v) is 4.55. The fraction of sp³-hybridized carbons (Fsp3) is 0.188. The van der Waals surface area contributed by atoms with Crippen LogP contribution in [-0.4, -0.2) is 24.2 Å². The fourth-order valence-corrected chi connectivity index (χ4v) is 1.88. The number of benzene rings is 2. The van der Waals surface area contributed by atoms with Crippen molar-refractivity contribution < 1.29 is 19.4 Å². The molecule has 0 amide bonds. The van der Waals surface area contributed by atoms with Crippen molar-refractivity contribution >= 4 is 5.97 Å². The standard InChI is InChI=1S/C16H17NO4/c1-20-15-10-11(9-13(17)16(18)19)7-8-14(15)21-12-5-3-2-4-6-12/h2-8,10,13H,9,17H2,1H3,(H,18,19). The zero-order chi connectivity index (χ0) is 15.2. The van der Waals surface area contributed by atoms with Gasteiger partial charge in [0.2, 0.25) is 0 Å². The molecule has 0 saturated carbocycles. The molecule has 0 heterocycles. The molecule has 0 aromatic heterocycles. The number of aliphatic carboxylic acids is 1. The molecule has 0 aliphatic carbocycles. The molecule has 0 fully saturated rings. The Hall–Kier alpha value is -2.53. The van der Waals surface area contributed by atoms with Gasteiger partial charge < -0.3 is 20.3 Å². The minimum atomic E-state index is -1.03. The topological polar surface area (TPSA) is 81.8 Å². The normalized spacial score (nSPS) is 11.7. The van der Waals surface area contributed by atoms with Gasteiger partial charge >= 0.3 is 5.97 Å². The Morgan fingerprint density at radius 1 is 1.19 bits per heavy atom. The highest BCUT2D eigenvalue weighted by atomic mass is 16.5. The number of carboxylic acid groups (broad SMARTS) is 1. The number of hydrogen-bond donors (Lipinski definition) is 2. The van der Waals surface area contributed by atoms with Crippen molar-refractivity contribution in [3.63, 3.8) is 0 Å². The monoisotopic (exact) mass is 287 g/mol. The van der Waals surface area contributed by atoms with E-state index < -0.39 is 12.0 Å². The van der Waals surface area contributed by atoms with E-state index in [1.165, 1.54) is 7.11 Å². The molecule has 5 nitrogen and oxygen atoms in total. The third-order valence-corrected chi connectivity index (χ3v) is 2.97. The van der Waals surface area contributed by atoms with Crippen LogP contribution in [0.15, 0.2) is 48.5 Å². The molecule has 0 bridgehead atoms. The van der Waals surface area contributed by atoms with Crippen LogP contribution in [0.2, 0.25) is 0 Å². The molecule has 5 heteroatoms. The number of hydrogen-bond acceptors (Lipinski definition) is 4. The van der Waals surface area contributed by atoms with Crippen molar-refractivity contribution in [2.45, 2.75) is 12.5 Å². The number of methoxy groups -OCH3 is 1. The third kappa shape index (κ3) is 3.97. The summed E-state index contributed by atoms with van der Waals surface area (Å²) in [6.07, 6.45) is 0.233. The first-order valence-electron chi connectivity index (χ1n) is 6.48. The van der Waals surface area contributed by atoms with E-state index in [0.29, 0.717) is 17.2 Å². The van der Waals surface area contributed by atoms with Crippen LogP contribution < -0.4 is 15.2 Å². The van der Waals surface area contributed by atoms with E-state index in [1.807, 2.05) is 30.3 Å². The van der Waals surface area contributed by atoms with Gasteiger partial charge in [-0.05, 0) is 36.2 Å². The van der Waals surface area contributed by atoms with Crippen LogP contribution in [-0.2, 0) is 11.2 Å². The molecule has 0 spiro atoms. The number of rotatable bonds is 6. The number of nitrogens with two attached hydrogens (primary N) is 1. The van der Waals surface area contributed by atoms with Gasteiger partial charge in [-0.1, -0.05) is 24.3 Å². The van der Waals surface area contributed by atoms with Crippen LogP contribution >= 0.6 is 0 Å². The average molecular weight is 287 g/mol. The maximum Gasteiger partial charge on any atom is 0.320 e. The lowest BCUT2D eigenvalue weighted by atomic mass is 10.1. The van der Waals surface area contributed by atoms with Crippen molar-refractivity contribution in [2.24, 2.45) is 5.73 Å². The van der Waals surface area contributed by atoms with Gasteiger partial charge in [-0.3, -0.25) is 4.79 Å². The Balaban J connectivity index is 2.18. The zero-order valence-corrected chi connectivity index (χ0v) is 11.7. The summed E-state index contributed by atoms with van der Waals surface area (Å²) in [4.78, 5) is 10.8. The van der Waals surface area contributed by atoms with Crippen LogP contribution in [0.1, 0.15) is 5.56 Å². The highest BCUT2D eigenvalue weighted by molar-refractivity contribution is 5.73. The Labute approximate surface area is 122 Å². The molecule has 0 saturated heterocycles. The number of para-hydroxylation sites is 1. The molecule has 110 valence electrons. The van der Waals surface area contributed by atoms with Gasteiger partial charge in [-0.2, -0.15) is 0 Å². The van der Waals surface area contributed by atoms with Gasteiger partial charge in [0.25, 0.3) is 0 Å². The predicted molar refractivity (Wildman–Crippen MR) is 78.8 cm³/mol. The Kier molecular flexibility index (Phi) is 4.79. The lowest BCUT2D eigenvalue weighted by Gasteiger charge is -2.13. The highest BCUT2D eigenvalue weighted by Gasteiger charge is 2.14. The maximum atomic E-state index is 10.8. The summed E-state index contributed by atoms with van der Waals surface area (Å²) in [5.74, 6) is 0.773. The van der Waals surface area contributed by atoms with Gasteiger partial charge in [-0.15, -0.1) is 0 Å². The molecule has 21 heavy (non-hydrogen) atoms. The van der Waals surface area contributed by atoms with E-state index in [9.17, 15) is 4.79 Å². The summed E-state index contributed by atoms with van der Waals surface area (Å²) in [7, 11) is 1.54. The summed E-state index contributed by atoms with van der Waals surface area (Å²) in [5, 5.41) is 8.84. The summed E-state index contributed by atoms with van der Waals surface area (Å²) in [6.45, 7) is 0. The molecule has 0 aliphatic rings.